The number of thiol groups is 1. The number of benzene rings is 1. The second-order valence-corrected chi connectivity index (χ2v) is 6.12. The van der Waals surface area contributed by atoms with E-state index in [0.717, 1.165) is 35.8 Å². The number of thiazole rings is 1. The molecule has 0 saturated carbocycles. The molecular weight excluding hydrogens is 286 g/mol. The van der Waals surface area contributed by atoms with Crippen molar-refractivity contribution in [2.75, 3.05) is 0 Å². The Hall–Kier alpha value is -1.00. The van der Waals surface area contributed by atoms with Crippen molar-refractivity contribution in [3.63, 3.8) is 0 Å². The van der Waals surface area contributed by atoms with Crippen LogP contribution in [0, 0.1) is 0 Å². The van der Waals surface area contributed by atoms with Crippen LogP contribution in [-0.4, -0.2) is 4.98 Å². The lowest BCUT2D eigenvalue weighted by atomic mass is 10.1. The summed E-state index contributed by atoms with van der Waals surface area (Å²) in [5, 5.41) is 1.04. The van der Waals surface area contributed by atoms with Crippen LogP contribution in [0.1, 0.15) is 41.4 Å². The van der Waals surface area contributed by atoms with Crippen molar-refractivity contribution < 1.29 is 4.74 Å². The highest BCUT2D eigenvalue weighted by Gasteiger charge is 2.10. The summed E-state index contributed by atoms with van der Waals surface area (Å²) < 4.78 is 5.93. The Bertz CT molecular complexity index is 551. The lowest BCUT2D eigenvalue weighted by Gasteiger charge is -2.08. The van der Waals surface area contributed by atoms with Gasteiger partial charge in [-0.05, 0) is 24.5 Å². The van der Waals surface area contributed by atoms with E-state index in [0.29, 0.717) is 6.61 Å². The lowest BCUT2D eigenvalue weighted by Crippen LogP contribution is -1.98. The molecule has 4 heteroatoms. The van der Waals surface area contributed by atoms with E-state index in [4.69, 9.17) is 4.74 Å². The molecule has 2 aromatic rings. The summed E-state index contributed by atoms with van der Waals surface area (Å²) in [7, 11) is 0. The van der Waals surface area contributed by atoms with Crippen molar-refractivity contribution in [3.8, 4) is 5.75 Å². The molecule has 1 aromatic heterocycles. The second kappa shape index (κ2) is 7.70. The molecule has 2 nitrogen and oxygen atoms in total. The Morgan fingerprint density at radius 3 is 2.75 bits per heavy atom. The second-order valence-electron chi connectivity index (χ2n) is 4.64. The molecule has 0 bridgehead atoms. The number of aryl methyl sites for hydroxylation is 2. The highest BCUT2D eigenvalue weighted by Crippen LogP contribution is 2.24. The van der Waals surface area contributed by atoms with Crippen molar-refractivity contribution in [1.82, 2.24) is 4.98 Å². The molecule has 0 spiro atoms. The van der Waals surface area contributed by atoms with E-state index in [9.17, 15) is 0 Å². The molecule has 20 heavy (non-hydrogen) atoms. The molecule has 0 radical (unpaired) electrons. The monoisotopic (exact) mass is 307 g/mol. The molecule has 0 amide bonds. The van der Waals surface area contributed by atoms with Crippen LogP contribution in [0.3, 0.4) is 0 Å². The first-order valence-corrected chi connectivity index (χ1v) is 8.52. The van der Waals surface area contributed by atoms with Gasteiger partial charge < -0.3 is 4.74 Å². The number of para-hydroxylation sites is 1. The summed E-state index contributed by atoms with van der Waals surface area (Å²) in [5.41, 5.74) is 2.43. The van der Waals surface area contributed by atoms with E-state index in [1.807, 2.05) is 18.2 Å². The van der Waals surface area contributed by atoms with Gasteiger partial charge in [-0.3, -0.25) is 0 Å². The van der Waals surface area contributed by atoms with Crippen LogP contribution in [-0.2, 0) is 25.2 Å². The van der Waals surface area contributed by atoms with Gasteiger partial charge in [-0.25, -0.2) is 4.98 Å². The van der Waals surface area contributed by atoms with Gasteiger partial charge in [0.05, 0.1) is 5.69 Å². The average molecular weight is 307 g/mol. The SMILES string of the molecule is CCCc1nc(COc2ccccc2CC)sc1CS. The van der Waals surface area contributed by atoms with E-state index >= 15 is 0 Å². The maximum Gasteiger partial charge on any atom is 0.140 e. The van der Waals surface area contributed by atoms with Gasteiger partial charge in [0.25, 0.3) is 0 Å². The molecule has 0 atom stereocenters. The molecule has 0 saturated heterocycles. The van der Waals surface area contributed by atoms with Gasteiger partial charge >= 0.3 is 0 Å². The lowest BCUT2D eigenvalue weighted by molar-refractivity contribution is 0.302. The molecule has 1 heterocycles. The summed E-state index contributed by atoms with van der Waals surface area (Å²) in [4.78, 5) is 5.96. The molecule has 2 rings (SSSR count). The summed E-state index contributed by atoms with van der Waals surface area (Å²) in [6.07, 6.45) is 3.12. The summed E-state index contributed by atoms with van der Waals surface area (Å²) >= 11 is 6.10. The molecule has 0 aliphatic carbocycles. The zero-order chi connectivity index (χ0) is 14.4. The first-order valence-electron chi connectivity index (χ1n) is 7.07. The predicted octanol–water partition coefficient (Wildman–Crippen LogP) is 4.67. The van der Waals surface area contributed by atoms with E-state index < -0.39 is 0 Å². The van der Waals surface area contributed by atoms with Crippen LogP contribution in [0.5, 0.6) is 5.75 Å². The summed E-state index contributed by atoms with van der Waals surface area (Å²) in [5.74, 6) is 1.73. The van der Waals surface area contributed by atoms with Crippen LogP contribution in [0.25, 0.3) is 0 Å². The van der Waals surface area contributed by atoms with Gasteiger partial charge in [0.15, 0.2) is 0 Å². The van der Waals surface area contributed by atoms with E-state index in [1.165, 1.54) is 16.1 Å². The first kappa shape index (κ1) is 15.4. The van der Waals surface area contributed by atoms with Gasteiger partial charge in [-0.15, -0.1) is 11.3 Å². The van der Waals surface area contributed by atoms with E-state index in [2.05, 4.69) is 37.5 Å². The van der Waals surface area contributed by atoms with Gasteiger partial charge in [0.1, 0.15) is 17.4 Å². The first-order chi connectivity index (χ1) is 9.78. The molecule has 0 unspecified atom stereocenters. The maximum atomic E-state index is 5.93. The average Bonchev–Trinajstić information content (AvgIpc) is 2.88. The third-order valence-corrected chi connectivity index (χ3v) is 4.76. The van der Waals surface area contributed by atoms with Crippen LogP contribution >= 0.6 is 24.0 Å². The molecule has 0 aliphatic rings. The number of ether oxygens (including phenoxy) is 1. The minimum Gasteiger partial charge on any atom is -0.486 e. The van der Waals surface area contributed by atoms with Gasteiger partial charge in [0, 0.05) is 10.6 Å². The van der Waals surface area contributed by atoms with Crippen molar-refractivity contribution in [2.24, 2.45) is 0 Å². The topological polar surface area (TPSA) is 22.1 Å². The normalized spacial score (nSPS) is 10.8. The minimum absolute atomic E-state index is 0.548. The van der Waals surface area contributed by atoms with E-state index in [1.54, 1.807) is 11.3 Å². The third kappa shape index (κ3) is 3.76. The number of hydrogen-bond acceptors (Lipinski definition) is 4. The molecule has 1 aromatic carbocycles. The fourth-order valence-electron chi connectivity index (χ4n) is 2.13. The van der Waals surface area contributed by atoms with Crippen LogP contribution < -0.4 is 4.74 Å². The van der Waals surface area contributed by atoms with Crippen LogP contribution in [0.2, 0.25) is 0 Å². The molecular formula is C16H21NOS2. The number of rotatable bonds is 7. The Morgan fingerprint density at radius 2 is 2.05 bits per heavy atom. The van der Waals surface area contributed by atoms with Crippen molar-refractivity contribution >= 4 is 24.0 Å². The third-order valence-electron chi connectivity index (χ3n) is 3.16. The minimum atomic E-state index is 0.548. The Balaban J connectivity index is 2.07. The van der Waals surface area contributed by atoms with Gasteiger partial charge in [-0.1, -0.05) is 38.5 Å². The Labute approximate surface area is 130 Å². The fraction of sp³-hybridized carbons (Fsp3) is 0.438. The number of nitrogens with zero attached hydrogens (tertiary/aromatic N) is 1. The Morgan fingerprint density at radius 1 is 1.25 bits per heavy atom. The van der Waals surface area contributed by atoms with E-state index in [-0.39, 0.29) is 0 Å². The van der Waals surface area contributed by atoms with Crippen LogP contribution in [0.4, 0.5) is 0 Å². The highest BCUT2D eigenvalue weighted by molar-refractivity contribution is 7.79. The van der Waals surface area contributed by atoms with Crippen molar-refractivity contribution in [1.29, 1.82) is 0 Å². The molecule has 0 N–H and O–H groups in total. The highest BCUT2D eigenvalue weighted by atomic mass is 32.1. The smallest absolute Gasteiger partial charge is 0.140 e. The van der Waals surface area contributed by atoms with Crippen LogP contribution in [0.15, 0.2) is 24.3 Å². The number of hydrogen-bond donors (Lipinski definition) is 1. The zero-order valence-electron chi connectivity index (χ0n) is 12.1. The predicted molar refractivity (Wildman–Crippen MR) is 89.0 cm³/mol. The standard InChI is InChI=1S/C16H21NOS2/c1-3-7-13-15(11-19)20-16(17-13)10-18-14-9-6-5-8-12(14)4-2/h5-6,8-9,19H,3-4,7,10-11H2,1-2H3. The number of aromatic nitrogens is 1. The molecule has 108 valence electrons. The van der Waals surface area contributed by atoms with Gasteiger partial charge in [-0.2, -0.15) is 12.6 Å². The Kier molecular flexibility index (Phi) is 5.92. The molecule has 0 aliphatic heterocycles. The fourth-order valence-corrected chi connectivity index (χ4v) is 3.39. The zero-order valence-corrected chi connectivity index (χ0v) is 13.8. The molecule has 0 fully saturated rings. The summed E-state index contributed by atoms with van der Waals surface area (Å²) in [6, 6.07) is 8.20. The maximum absolute atomic E-state index is 5.93. The van der Waals surface area contributed by atoms with Crippen molar-refractivity contribution in [2.45, 2.75) is 45.5 Å². The van der Waals surface area contributed by atoms with Crippen molar-refractivity contribution in [3.05, 3.63) is 45.4 Å². The summed E-state index contributed by atoms with van der Waals surface area (Å²) in [6.45, 7) is 4.87. The quantitative estimate of drug-likeness (QED) is 0.751. The largest absolute Gasteiger partial charge is 0.486 e. The van der Waals surface area contributed by atoms with Gasteiger partial charge in [0.2, 0.25) is 0 Å².